The van der Waals surface area contributed by atoms with Gasteiger partial charge in [-0.05, 0) is 52.9 Å². The summed E-state index contributed by atoms with van der Waals surface area (Å²) >= 11 is 0. The van der Waals surface area contributed by atoms with Crippen LogP contribution < -0.4 is 5.32 Å². The van der Waals surface area contributed by atoms with Crippen molar-refractivity contribution in [1.82, 2.24) is 24.6 Å². The van der Waals surface area contributed by atoms with Gasteiger partial charge in [0.2, 0.25) is 0 Å². The lowest BCUT2D eigenvalue weighted by atomic mass is 9.91. The largest absolute Gasteiger partial charge is 0.450 e. The molecule has 25 heavy (non-hydrogen) atoms. The number of piperidine rings is 1. The van der Waals surface area contributed by atoms with Gasteiger partial charge in [-0.3, -0.25) is 10.2 Å². The molecular weight excluding hydrogens is 320 g/mol. The Bertz CT molecular complexity index is 596. The van der Waals surface area contributed by atoms with Gasteiger partial charge in [0, 0.05) is 18.5 Å². The number of hydrogen-bond donors (Lipinski definition) is 1. The molecule has 140 valence electrons. The number of carbonyl (C=O) groups excluding carboxylic acids is 1. The molecule has 0 spiro atoms. The molecule has 2 unspecified atom stereocenters. The lowest BCUT2D eigenvalue weighted by molar-refractivity contribution is 0.0608. The van der Waals surface area contributed by atoms with Crippen molar-refractivity contribution >= 4 is 12.0 Å². The van der Waals surface area contributed by atoms with Gasteiger partial charge in [-0.2, -0.15) is 4.98 Å². The third-order valence-corrected chi connectivity index (χ3v) is 5.55. The van der Waals surface area contributed by atoms with Crippen LogP contribution in [0.15, 0.2) is 0 Å². The van der Waals surface area contributed by atoms with Crippen molar-refractivity contribution in [3.63, 3.8) is 0 Å². The standard InChI is InChI=1S/C17H30N6O2/c1-5-25-17(24)19-16-18-15-10-12(2)14(11-23(15)20-16)22(4)13-6-8-21(3)9-7-13/h12-14H,5-11H2,1-4H3,(H,19,20,24). The summed E-state index contributed by atoms with van der Waals surface area (Å²) in [5, 5.41) is 7.06. The SMILES string of the molecule is CCOC(=O)Nc1nc2n(n1)CC(N(C)C1CCN(C)CC1)C(C)C2. The van der Waals surface area contributed by atoms with E-state index in [4.69, 9.17) is 4.74 Å². The molecule has 1 aromatic rings. The van der Waals surface area contributed by atoms with Gasteiger partial charge in [0.05, 0.1) is 13.2 Å². The van der Waals surface area contributed by atoms with E-state index in [1.807, 2.05) is 4.68 Å². The maximum absolute atomic E-state index is 11.6. The molecule has 1 N–H and O–H groups in total. The zero-order chi connectivity index (χ0) is 18.0. The van der Waals surface area contributed by atoms with Gasteiger partial charge in [0.1, 0.15) is 5.82 Å². The van der Waals surface area contributed by atoms with Crippen LogP contribution in [0.3, 0.4) is 0 Å². The number of aromatic nitrogens is 3. The molecule has 2 aliphatic heterocycles. The summed E-state index contributed by atoms with van der Waals surface area (Å²) in [4.78, 5) is 21.0. The first-order valence-corrected chi connectivity index (χ1v) is 9.26. The Kier molecular flexibility index (Phi) is 5.58. The summed E-state index contributed by atoms with van der Waals surface area (Å²) in [6.45, 7) is 7.54. The monoisotopic (exact) mass is 350 g/mol. The number of hydrogen-bond acceptors (Lipinski definition) is 6. The van der Waals surface area contributed by atoms with E-state index >= 15 is 0 Å². The van der Waals surface area contributed by atoms with E-state index in [0.29, 0.717) is 30.6 Å². The number of carbonyl (C=O) groups is 1. The fourth-order valence-electron chi connectivity index (χ4n) is 3.97. The average molecular weight is 350 g/mol. The molecule has 3 rings (SSSR count). The van der Waals surface area contributed by atoms with E-state index in [1.54, 1.807) is 6.92 Å². The van der Waals surface area contributed by atoms with Gasteiger partial charge in [-0.15, -0.1) is 5.10 Å². The minimum Gasteiger partial charge on any atom is -0.450 e. The Balaban J connectivity index is 1.66. The van der Waals surface area contributed by atoms with E-state index in [9.17, 15) is 4.79 Å². The molecule has 1 saturated heterocycles. The summed E-state index contributed by atoms with van der Waals surface area (Å²) < 4.78 is 6.84. The summed E-state index contributed by atoms with van der Waals surface area (Å²) in [6.07, 6.45) is 2.81. The lowest BCUT2D eigenvalue weighted by Crippen LogP contribution is -2.51. The fraction of sp³-hybridized carbons (Fsp3) is 0.824. The maximum atomic E-state index is 11.6. The second kappa shape index (κ2) is 7.70. The minimum atomic E-state index is -0.501. The molecular formula is C17H30N6O2. The van der Waals surface area contributed by atoms with Gasteiger partial charge >= 0.3 is 6.09 Å². The highest BCUT2D eigenvalue weighted by atomic mass is 16.5. The second-order valence-electron chi connectivity index (χ2n) is 7.33. The van der Waals surface area contributed by atoms with E-state index in [2.05, 4.69) is 46.2 Å². The Labute approximate surface area is 149 Å². The van der Waals surface area contributed by atoms with Crippen LogP contribution in [0.1, 0.15) is 32.5 Å². The first-order chi connectivity index (χ1) is 12.0. The van der Waals surface area contributed by atoms with Crippen LogP contribution in [0.25, 0.3) is 0 Å². The molecule has 0 aliphatic carbocycles. The summed E-state index contributed by atoms with van der Waals surface area (Å²) in [6, 6.07) is 1.07. The number of nitrogens with one attached hydrogen (secondary N) is 1. The van der Waals surface area contributed by atoms with Gasteiger partial charge in [-0.25, -0.2) is 9.48 Å². The van der Waals surface area contributed by atoms with Crippen molar-refractivity contribution in [2.24, 2.45) is 5.92 Å². The van der Waals surface area contributed by atoms with Crippen molar-refractivity contribution in [2.45, 2.75) is 51.7 Å². The van der Waals surface area contributed by atoms with E-state index in [1.165, 1.54) is 12.8 Å². The number of nitrogens with zero attached hydrogens (tertiary/aromatic N) is 5. The number of fused-ring (bicyclic) bond motifs is 1. The van der Waals surface area contributed by atoms with Crippen molar-refractivity contribution in [2.75, 3.05) is 39.1 Å². The van der Waals surface area contributed by atoms with Crippen LogP contribution >= 0.6 is 0 Å². The van der Waals surface area contributed by atoms with Crippen LogP contribution in [-0.2, 0) is 17.7 Å². The molecule has 0 bridgehead atoms. The molecule has 0 saturated carbocycles. The van der Waals surface area contributed by atoms with Crippen LogP contribution in [-0.4, -0.2) is 76.5 Å². The highest BCUT2D eigenvalue weighted by Gasteiger charge is 2.34. The molecule has 0 aromatic carbocycles. The zero-order valence-electron chi connectivity index (χ0n) is 15.7. The Morgan fingerprint density at radius 1 is 1.40 bits per heavy atom. The quantitative estimate of drug-likeness (QED) is 0.885. The molecule has 0 radical (unpaired) electrons. The first kappa shape index (κ1) is 18.1. The molecule has 8 nitrogen and oxygen atoms in total. The summed E-state index contributed by atoms with van der Waals surface area (Å²) in [5.41, 5.74) is 0. The predicted octanol–water partition coefficient (Wildman–Crippen LogP) is 1.43. The Morgan fingerprint density at radius 2 is 2.12 bits per heavy atom. The summed E-state index contributed by atoms with van der Waals surface area (Å²) in [5.74, 6) is 1.78. The number of anilines is 1. The topological polar surface area (TPSA) is 75.5 Å². The first-order valence-electron chi connectivity index (χ1n) is 9.26. The fourth-order valence-corrected chi connectivity index (χ4v) is 3.97. The van der Waals surface area contributed by atoms with Gasteiger partial charge in [0.15, 0.2) is 0 Å². The Hall–Kier alpha value is -1.67. The molecule has 3 heterocycles. The van der Waals surface area contributed by atoms with Crippen LogP contribution in [0, 0.1) is 5.92 Å². The van der Waals surface area contributed by atoms with Crippen molar-refractivity contribution < 1.29 is 9.53 Å². The summed E-state index contributed by atoms with van der Waals surface area (Å²) in [7, 11) is 4.44. The minimum absolute atomic E-state index is 0.333. The molecule has 8 heteroatoms. The van der Waals surface area contributed by atoms with Crippen molar-refractivity contribution in [1.29, 1.82) is 0 Å². The van der Waals surface area contributed by atoms with E-state index in [0.717, 1.165) is 31.9 Å². The van der Waals surface area contributed by atoms with E-state index < -0.39 is 6.09 Å². The zero-order valence-corrected chi connectivity index (χ0v) is 15.7. The van der Waals surface area contributed by atoms with Gasteiger partial charge < -0.3 is 9.64 Å². The highest BCUT2D eigenvalue weighted by Crippen LogP contribution is 2.27. The van der Waals surface area contributed by atoms with Gasteiger partial charge in [0.25, 0.3) is 5.95 Å². The third-order valence-electron chi connectivity index (χ3n) is 5.55. The second-order valence-corrected chi connectivity index (χ2v) is 7.33. The number of ether oxygens (including phenoxy) is 1. The smallest absolute Gasteiger partial charge is 0.414 e. The van der Waals surface area contributed by atoms with Gasteiger partial charge in [-0.1, -0.05) is 6.92 Å². The Morgan fingerprint density at radius 3 is 2.80 bits per heavy atom. The highest BCUT2D eigenvalue weighted by molar-refractivity contribution is 5.82. The molecule has 1 amide bonds. The van der Waals surface area contributed by atoms with Crippen LogP contribution in [0.2, 0.25) is 0 Å². The molecule has 2 aliphatic rings. The lowest BCUT2D eigenvalue weighted by Gasteiger charge is -2.43. The number of likely N-dealkylation sites (tertiary alicyclic amines) is 1. The number of likely N-dealkylation sites (N-methyl/N-ethyl adjacent to an activating group) is 1. The van der Waals surface area contributed by atoms with Crippen LogP contribution in [0.5, 0.6) is 0 Å². The molecule has 2 atom stereocenters. The third kappa shape index (κ3) is 4.12. The normalized spacial score (nSPS) is 25.0. The average Bonchev–Trinajstić information content (AvgIpc) is 2.95. The van der Waals surface area contributed by atoms with Crippen molar-refractivity contribution in [3.05, 3.63) is 5.82 Å². The van der Waals surface area contributed by atoms with E-state index in [-0.39, 0.29) is 0 Å². The maximum Gasteiger partial charge on any atom is 0.414 e. The predicted molar refractivity (Wildman–Crippen MR) is 95.6 cm³/mol. The number of rotatable bonds is 4. The molecule has 1 aromatic heterocycles. The molecule has 1 fully saturated rings. The van der Waals surface area contributed by atoms with Crippen molar-refractivity contribution in [3.8, 4) is 0 Å². The van der Waals surface area contributed by atoms with Crippen LogP contribution in [0.4, 0.5) is 10.7 Å². The number of amides is 1.